The molecule has 8 rings (SSSR count). The van der Waals surface area contributed by atoms with E-state index < -0.39 is 106 Å². The number of non-ortho nitro benzene ring substituents is 2. The lowest BCUT2D eigenvalue weighted by Gasteiger charge is -2.36. The van der Waals surface area contributed by atoms with Crippen LogP contribution in [0, 0.1) is 47.4 Å². The number of nitro benzene ring substituents is 4. The maximum Gasteiger partial charge on any atom is 0.355 e. The van der Waals surface area contributed by atoms with Crippen molar-refractivity contribution < 1.29 is 43.6 Å². The highest BCUT2D eigenvalue weighted by molar-refractivity contribution is 6.27. The molecule has 0 spiro atoms. The predicted octanol–water partition coefficient (Wildman–Crippen LogP) is 5.97. The van der Waals surface area contributed by atoms with E-state index in [1.807, 2.05) is 32.0 Å². The molecule has 0 fully saturated rings. The van der Waals surface area contributed by atoms with Gasteiger partial charge >= 0.3 is 11.9 Å². The fourth-order valence-corrected chi connectivity index (χ4v) is 8.13. The zero-order valence-electron chi connectivity index (χ0n) is 31.9. The Morgan fingerprint density at radius 1 is 0.900 bits per heavy atom. The first-order valence-electron chi connectivity index (χ1n) is 18.3. The van der Waals surface area contributed by atoms with E-state index in [2.05, 4.69) is 5.16 Å². The van der Waals surface area contributed by atoms with Gasteiger partial charge in [0.15, 0.2) is 0 Å². The molecule has 0 radical (unpaired) electrons. The smallest absolute Gasteiger partial charge is 0.355 e. The van der Waals surface area contributed by atoms with E-state index in [0.29, 0.717) is 35.5 Å². The molecule has 1 aliphatic carbocycles. The molecule has 5 aromatic rings. The van der Waals surface area contributed by atoms with E-state index in [9.17, 15) is 54.8 Å². The number of hydrogen-bond acceptors (Lipinski definition) is 16. The summed E-state index contributed by atoms with van der Waals surface area (Å²) >= 11 is 0. The second kappa shape index (κ2) is 13.9. The molecule has 0 bridgehead atoms. The van der Waals surface area contributed by atoms with Gasteiger partial charge < -0.3 is 18.9 Å². The van der Waals surface area contributed by atoms with Crippen molar-refractivity contribution in [3.05, 3.63) is 138 Å². The van der Waals surface area contributed by atoms with Crippen LogP contribution in [-0.2, 0) is 49.1 Å². The van der Waals surface area contributed by atoms with Crippen molar-refractivity contribution in [2.45, 2.75) is 65.4 Å². The Morgan fingerprint density at radius 2 is 1.52 bits per heavy atom. The number of carbonyl (C=O) groups excluding carboxylic acids is 2. The molecule has 0 saturated carbocycles. The number of cyclic esters (lactones) is 1. The van der Waals surface area contributed by atoms with Crippen LogP contribution in [0.1, 0.15) is 66.1 Å². The number of benzene rings is 3. The Labute approximate surface area is 335 Å². The summed E-state index contributed by atoms with van der Waals surface area (Å²) in [7, 11) is 0. The van der Waals surface area contributed by atoms with Crippen molar-refractivity contribution >= 4 is 51.3 Å². The van der Waals surface area contributed by atoms with Crippen molar-refractivity contribution in [3.8, 4) is 22.5 Å². The van der Waals surface area contributed by atoms with E-state index in [1.165, 1.54) is 11.5 Å². The molecule has 0 amide bonds. The van der Waals surface area contributed by atoms with Crippen molar-refractivity contribution in [3.63, 3.8) is 0 Å². The van der Waals surface area contributed by atoms with Crippen LogP contribution in [0.15, 0.2) is 58.5 Å². The molecule has 0 unspecified atom stereocenters. The summed E-state index contributed by atoms with van der Waals surface area (Å²) in [5.41, 5.74) is -3.94. The SMILES string of the molecule is CCc1c2c(nc3ccc(C)cc13)-c1cc3c(c(=O)n1C2)COC(=O)[C@@]3(CC)OC(=O)[C@H](C)ON=C1c2cc([N+](=O)[O-])cc([N+](=O)[O-])c2-c2c1cc([N+](=O)[O-])cc2[N+](=O)[O-]. The van der Waals surface area contributed by atoms with Gasteiger partial charge in [-0.3, -0.25) is 45.3 Å². The molecule has 21 nitrogen and oxygen atoms in total. The lowest BCUT2D eigenvalue weighted by atomic mass is 9.85. The van der Waals surface area contributed by atoms with Gasteiger partial charge in [0.2, 0.25) is 11.7 Å². The molecule has 304 valence electrons. The van der Waals surface area contributed by atoms with Gasteiger partial charge in [0.05, 0.1) is 72.0 Å². The number of hydrogen-bond donors (Lipinski definition) is 0. The van der Waals surface area contributed by atoms with Gasteiger partial charge in [-0.15, -0.1) is 0 Å². The standard InChI is InChI=1S/C39H29N7O14/c1-5-21-22-9-17(3)7-8-28(22)40-35-25(21)15-42-31(35)14-27-26(36(42)47)16-58-38(49)39(27,6-2)59-37(48)18(4)60-41-34-23-10-19(43(50)51)12-29(45(54)55)32(23)33-24(34)11-20(44(52)53)13-30(33)46(56)57/h7-14,18H,5-6,15-16H2,1-4H3/t18-,39-/m0/s1. The third kappa shape index (κ3) is 5.72. The number of pyridine rings is 2. The molecule has 0 saturated heterocycles. The second-order valence-corrected chi connectivity index (χ2v) is 14.3. The van der Waals surface area contributed by atoms with Gasteiger partial charge in [-0.2, -0.15) is 0 Å². The Balaban J connectivity index is 1.20. The van der Waals surface area contributed by atoms with Crippen LogP contribution in [-0.4, -0.2) is 53.0 Å². The van der Waals surface area contributed by atoms with E-state index >= 15 is 0 Å². The van der Waals surface area contributed by atoms with E-state index in [1.54, 1.807) is 6.07 Å². The summed E-state index contributed by atoms with van der Waals surface area (Å²) in [6.07, 6.45) is -1.31. The first-order valence-corrected chi connectivity index (χ1v) is 18.3. The molecule has 4 heterocycles. The van der Waals surface area contributed by atoms with Crippen LogP contribution >= 0.6 is 0 Å². The number of rotatable bonds is 10. The van der Waals surface area contributed by atoms with Crippen LogP contribution in [0.4, 0.5) is 22.7 Å². The monoisotopic (exact) mass is 819 g/mol. The number of oxime groups is 1. The van der Waals surface area contributed by atoms with Crippen LogP contribution < -0.4 is 5.56 Å². The molecule has 21 heteroatoms. The largest absolute Gasteiger partial charge is 0.457 e. The van der Waals surface area contributed by atoms with Gasteiger partial charge in [-0.25, -0.2) is 14.6 Å². The first kappa shape index (κ1) is 38.9. The molecule has 2 aliphatic heterocycles. The zero-order valence-corrected chi connectivity index (χ0v) is 31.9. The number of ether oxygens (including phenoxy) is 2. The van der Waals surface area contributed by atoms with Crippen LogP contribution in [0.5, 0.6) is 0 Å². The Morgan fingerprint density at radius 3 is 2.07 bits per heavy atom. The highest BCUT2D eigenvalue weighted by Gasteiger charge is 2.51. The van der Waals surface area contributed by atoms with Crippen molar-refractivity contribution in [2.24, 2.45) is 5.16 Å². The highest BCUT2D eigenvalue weighted by Crippen LogP contribution is 2.50. The third-order valence-corrected chi connectivity index (χ3v) is 11.0. The van der Waals surface area contributed by atoms with Crippen molar-refractivity contribution in [1.82, 2.24) is 9.55 Å². The maximum absolute atomic E-state index is 14.2. The molecule has 2 atom stereocenters. The van der Waals surface area contributed by atoms with Gasteiger partial charge in [-0.1, -0.05) is 30.6 Å². The number of carbonyl (C=O) groups is 2. The topological polar surface area (TPSA) is 282 Å². The summed E-state index contributed by atoms with van der Waals surface area (Å²) in [6, 6.07) is 10.2. The molecule has 0 N–H and O–H groups in total. The molecule has 60 heavy (non-hydrogen) atoms. The Hall–Kier alpha value is -7.97. The van der Waals surface area contributed by atoms with Crippen LogP contribution in [0.2, 0.25) is 0 Å². The second-order valence-electron chi connectivity index (χ2n) is 14.3. The van der Waals surface area contributed by atoms with Crippen molar-refractivity contribution in [1.29, 1.82) is 0 Å². The minimum atomic E-state index is -2.18. The minimum absolute atomic E-state index is 0.0682. The molecule has 3 aromatic carbocycles. The van der Waals surface area contributed by atoms with Crippen LogP contribution in [0.25, 0.3) is 33.4 Å². The van der Waals surface area contributed by atoms with E-state index in [0.717, 1.165) is 41.1 Å². The predicted molar refractivity (Wildman–Crippen MR) is 207 cm³/mol. The first-order chi connectivity index (χ1) is 28.5. The average molecular weight is 820 g/mol. The highest BCUT2D eigenvalue weighted by atomic mass is 16.7. The lowest BCUT2D eigenvalue weighted by molar-refractivity contribution is -0.395. The number of nitro groups is 4. The van der Waals surface area contributed by atoms with Crippen LogP contribution in [0.3, 0.4) is 0 Å². The number of esters is 2. The summed E-state index contributed by atoms with van der Waals surface area (Å²) < 4.78 is 12.9. The quantitative estimate of drug-likeness (QED) is 0.0872. The zero-order chi connectivity index (χ0) is 43.1. The van der Waals surface area contributed by atoms with Gasteiger partial charge in [0.25, 0.3) is 28.3 Å². The number of nitrogens with zero attached hydrogens (tertiary/aromatic N) is 7. The van der Waals surface area contributed by atoms with Gasteiger partial charge in [-0.05, 0) is 50.5 Å². The van der Waals surface area contributed by atoms with E-state index in [4.69, 9.17) is 19.3 Å². The summed E-state index contributed by atoms with van der Waals surface area (Å²) in [5, 5.41) is 52.8. The third-order valence-electron chi connectivity index (χ3n) is 11.0. The summed E-state index contributed by atoms with van der Waals surface area (Å²) in [5.74, 6) is -2.21. The number of fused-ring (bicyclic) bond motifs is 8. The molecule has 2 aromatic heterocycles. The molecular formula is C39H29N7O14. The maximum atomic E-state index is 14.2. The number of aryl methyl sites for hydroxylation is 2. The van der Waals surface area contributed by atoms with Crippen molar-refractivity contribution in [2.75, 3.05) is 0 Å². The Bertz CT molecular complexity index is 2870. The lowest BCUT2D eigenvalue weighted by Crippen LogP contribution is -2.48. The normalized spacial score (nSPS) is 16.1. The molecule has 3 aliphatic rings. The molecular weight excluding hydrogens is 790 g/mol. The van der Waals surface area contributed by atoms with E-state index in [-0.39, 0.29) is 24.1 Å². The average Bonchev–Trinajstić information content (AvgIpc) is 3.74. The fraction of sp³-hybridized carbons (Fsp3) is 0.256. The fourth-order valence-electron chi connectivity index (χ4n) is 8.13. The van der Waals surface area contributed by atoms with Gasteiger partial charge in [0.1, 0.15) is 12.3 Å². The van der Waals surface area contributed by atoms with Gasteiger partial charge in [0, 0.05) is 39.8 Å². The summed E-state index contributed by atoms with van der Waals surface area (Å²) in [6.45, 7) is 6.44. The summed E-state index contributed by atoms with van der Waals surface area (Å²) in [4.78, 5) is 96.2. The Kier molecular flexibility index (Phi) is 8.98. The minimum Gasteiger partial charge on any atom is -0.457 e. The number of aromatic nitrogens is 2.